The first kappa shape index (κ1) is 22.5. The van der Waals surface area contributed by atoms with Gasteiger partial charge >= 0.3 is 0 Å². The molecule has 0 amide bonds. The number of fused-ring (bicyclic) bond motifs is 1. The van der Waals surface area contributed by atoms with Crippen molar-refractivity contribution in [2.45, 2.75) is 51.6 Å². The lowest BCUT2D eigenvalue weighted by Crippen LogP contribution is -2.45. The Balaban J connectivity index is 1.76. The predicted octanol–water partition coefficient (Wildman–Crippen LogP) is 4.03. The van der Waals surface area contributed by atoms with E-state index in [1.54, 1.807) is 4.57 Å². The standard InChI is InChI=1S/C26H30N2O3S/c1-4-28-14-13-20-11-12-24(27-32(3,30)31)23(25(20)26(28)29)17-19-8-6-10-22(16-19)21-9-5-7-18(2)15-21/h5-10,13-16,23-24,27H,4,11-12,17H2,1-3H3/t23-,24-/m0/s1. The molecule has 2 aromatic carbocycles. The maximum absolute atomic E-state index is 13.3. The van der Waals surface area contributed by atoms with Crippen molar-refractivity contribution in [1.29, 1.82) is 0 Å². The summed E-state index contributed by atoms with van der Waals surface area (Å²) in [6, 6.07) is 18.4. The van der Waals surface area contributed by atoms with Crippen LogP contribution in [-0.4, -0.2) is 25.3 Å². The second kappa shape index (κ2) is 9.04. The van der Waals surface area contributed by atoms with Crippen LogP contribution < -0.4 is 10.3 Å². The molecule has 1 heterocycles. The lowest BCUT2D eigenvalue weighted by atomic mass is 9.77. The lowest BCUT2D eigenvalue weighted by Gasteiger charge is -2.33. The van der Waals surface area contributed by atoms with E-state index in [-0.39, 0.29) is 17.5 Å². The molecule has 0 bridgehead atoms. The third-order valence-electron chi connectivity index (χ3n) is 6.31. The minimum atomic E-state index is -3.39. The van der Waals surface area contributed by atoms with Gasteiger partial charge in [0.2, 0.25) is 10.0 Å². The fourth-order valence-corrected chi connectivity index (χ4v) is 5.66. The van der Waals surface area contributed by atoms with E-state index in [1.165, 1.54) is 11.8 Å². The van der Waals surface area contributed by atoms with Crippen LogP contribution in [0.2, 0.25) is 0 Å². The Morgan fingerprint density at radius 3 is 2.47 bits per heavy atom. The van der Waals surface area contributed by atoms with Gasteiger partial charge in [-0.05, 0) is 61.4 Å². The van der Waals surface area contributed by atoms with E-state index >= 15 is 0 Å². The van der Waals surface area contributed by atoms with Crippen molar-refractivity contribution in [2.24, 2.45) is 0 Å². The van der Waals surface area contributed by atoms with Crippen LogP contribution in [0.1, 0.15) is 41.5 Å². The van der Waals surface area contributed by atoms with Gasteiger partial charge in [0, 0.05) is 30.3 Å². The molecule has 2 atom stereocenters. The summed E-state index contributed by atoms with van der Waals surface area (Å²) in [4.78, 5) is 13.3. The molecule has 1 aliphatic rings. The molecule has 0 aliphatic heterocycles. The van der Waals surface area contributed by atoms with Gasteiger partial charge in [-0.2, -0.15) is 0 Å². The summed E-state index contributed by atoms with van der Waals surface area (Å²) in [5.41, 5.74) is 6.34. The molecule has 1 aromatic heterocycles. The van der Waals surface area contributed by atoms with Crippen LogP contribution in [0.5, 0.6) is 0 Å². The number of aromatic nitrogens is 1. The molecule has 1 N–H and O–H groups in total. The number of aryl methyl sites for hydroxylation is 3. The van der Waals surface area contributed by atoms with Crippen molar-refractivity contribution in [3.8, 4) is 11.1 Å². The normalized spacial score (nSPS) is 18.3. The summed E-state index contributed by atoms with van der Waals surface area (Å²) >= 11 is 0. The number of benzene rings is 2. The van der Waals surface area contributed by atoms with Gasteiger partial charge in [0.15, 0.2) is 0 Å². The SMILES string of the molecule is CCn1ccc2c(c1=O)[C@@H](Cc1cccc(-c3cccc(C)c3)c1)[C@@H](NS(C)(=O)=O)CC2. The third-order valence-corrected chi connectivity index (χ3v) is 7.05. The second-order valence-corrected chi connectivity index (χ2v) is 10.5. The second-order valence-electron chi connectivity index (χ2n) is 8.76. The zero-order valence-electron chi connectivity index (χ0n) is 18.8. The summed E-state index contributed by atoms with van der Waals surface area (Å²) in [6.45, 7) is 4.61. The van der Waals surface area contributed by atoms with Crippen LogP contribution in [0.4, 0.5) is 0 Å². The molecular formula is C26H30N2O3S. The number of hydrogen-bond acceptors (Lipinski definition) is 3. The monoisotopic (exact) mass is 450 g/mol. The van der Waals surface area contributed by atoms with Crippen molar-refractivity contribution >= 4 is 10.0 Å². The van der Waals surface area contributed by atoms with Crippen LogP contribution in [0, 0.1) is 6.92 Å². The number of nitrogens with zero attached hydrogens (tertiary/aromatic N) is 1. The topological polar surface area (TPSA) is 68.2 Å². The molecule has 1 aliphatic carbocycles. The zero-order chi connectivity index (χ0) is 22.9. The minimum absolute atomic E-state index is 0.00941. The number of hydrogen-bond donors (Lipinski definition) is 1. The Hall–Kier alpha value is -2.70. The van der Waals surface area contributed by atoms with Crippen LogP contribution in [0.25, 0.3) is 11.1 Å². The van der Waals surface area contributed by atoms with Crippen molar-refractivity contribution < 1.29 is 8.42 Å². The zero-order valence-corrected chi connectivity index (χ0v) is 19.7. The van der Waals surface area contributed by atoms with Crippen molar-refractivity contribution in [2.75, 3.05) is 6.26 Å². The maximum atomic E-state index is 13.3. The molecule has 0 fully saturated rings. The van der Waals surface area contributed by atoms with Crippen LogP contribution in [0.15, 0.2) is 65.6 Å². The van der Waals surface area contributed by atoms with Gasteiger partial charge in [-0.3, -0.25) is 4.79 Å². The molecule has 0 saturated carbocycles. The Labute approximate surface area is 190 Å². The summed E-state index contributed by atoms with van der Waals surface area (Å²) in [6.07, 6.45) is 5.01. The predicted molar refractivity (Wildman–Crippen MR) is 130 cm³/mol. The van der Waals surface area contributed by atoms with E-state index in [4.69, 9.17) is 0 Å². The van der Waals surface area contributed by atoms with Gasteiger partial charge in [0.1, 0.15) is 0 Å². The molecule has 3 aromatic rings. The van der Waals surface area contributed by atoms with E-state index in [1.807, 2.05) is 31.3 Å². The third kappa shape index (κ3) is 4.87. The molecule has 5 nitrogen and oxygen atoms in total. The van der Waals surface area contributed by atoms with Gasteiger partial charge in [0.05, 0.1) is 6.26 Å². The highest BCUT2D eigenvalue weighted by Gasteiger charge is 2.34. The summed E-state index contributed by atoms with van der Waals surface area (Å²) in [5.74, 6) is -0.215. The molecule has 6 heteroatoms. The highest BCUT2D eigenvalue weighted by atomic mass is 32.2. The van der Waals surface area contributed by atoms with Crippen molar-refractivity contribution in [3.05, 3.63) is 93.4 Å². The number of pyridine rings is 1. The quantitative estimate of drug-likeness (QED) is 0.616. The first-order chi connectivity index (χ1) is 15.2. The Kier molecular flexibility index (Phi) is 6.35. The molecule has 0 spiro atoms. The number of rotatable bonds is 6. The fraction of sp³-hybridized carbons (Fsp3) is 0.346. The smallest absolute Gasteiger partial charge is 0.254 e. The van der Waals surface area contributed by atoms with Gasteiger partial charge in [-0.25, -0.2) is 13.1 Å². The highest BCUT2D eigenvalue weighted by Crippen LogP contribution is 2.34. The average molecular weight is 451 g/mol. The van der Waals surface area contributed by atoms with Gasteiger partial charge in [-0.1, -0.05) is 54.1 Å². The van der Waals surface area contributed by atoms with Crippen molar-refractivity contribution in [1.82, 2.24) is 9.29 Å². The Morgan fingerprint density at radius 2 is 1.78 bits per heavy atom. The van der Waals surface area contributed by atoms with Crippen molar-refractivity contribution in [3.63, 3.8) is 0 Å². The first-order valence-corrected chi connectivity index (χ1v) is 13.0. The van der Waals surface area contributed by atoms with Crippen LogP contribution >= 0.6 is 0 Å². The average Bonchev–Trinajstić information content (AvgIpc) is 2.75. The van der Waals surface area contributed by atoms with Gasteiger partial charge in [-0.15, -0.1) is 0 Å². The largest absolute Gasteiger partial charge is 0.316 e. The Morgan fingerprint density at radius 1 is 1.06 bits per heavy atom. The van der Waals surface area contributed by atoms with Crippen LogP contribution in [-0.2, 0) is 29.4 Å². The molecule has 4 rings (SSSR count). The summed E-state index contributed by atoms with van der Waals surface area (Å²) in [7, 11) is -3.39. The maximum Gasteiger partial charge on any atom is 0.254 e. The molecule has 0 saturated heterocycles. The first-order valence-electron chi connectivity index (χ1n) is 11.1. The molecule has 0 radical (unpaired) electrons. The van der Waals surface area contributed by atoms with Crippen LogP contribution in [0.3, 0.4) is 0 Å². The number of sulfonamides is 1. The summed E-state index contributed by atoms with van der Waals surface area (Å²) in [5, 5.41) is 0. The number of nitrogens with one attached hydrogen (secondary N) is 1. The molecule has 168 valence electrons. The summed E-state index contributed by atoms with van der Waals surface area (Å²) < 4.78 is 28.7. The molecular weight excluding hydrogens is 420 g/mol. The highest BCUT2D eigenvalue weighted by molar-refractivity contribution is 7.88. The van der Waals surface area contributed by atoms with E-state index in [2.05, 4.69) is 48.0 Å². The van der Waals surface area contributed by atoms with Gasteiger partial charge < -0.3 is 4.57 Å². The van der Waals surface area contributed by atoms with E-state index < -0.39 is 10.0 Å². The van der Waals surface area contributed by atoms with Gasteiger partial charge in [0.25, 0.3) is 5.56 Å². The fourth-order valence-electron chi connectivity index (χ4n) is 4.82. The van der Waals surface area contributed by atoms with E-state index in [9.17, 15) is 13.2 Å². The molecule has 0 unspecified atom stereocenters. The van der Waals surface area contributed by atoms with E-state index in [0.29, 0.717) is 25.8 Å². The minimum Gasteiger partial charge on any atom is -0.316 e. The lowest BCUT2D eigenvalue weighted by molar-refractivity contribution is 0.424. The molecule has 32 heavy (non-hydrogen) atoms. The Bertz CT molecular complexity index is 1290. The van der Waals surface area contributed by atoms with E-state index in [0.717, 1.165) is 27.8 Å².